The number of hydrogen-bond donors (Lipinski definition) is 3. The molecule has 0 bridgehead atoms. The molecular formula is C44H73O10P. The van der Waals surface area contributed by atoms with Gasteiger partial charge in [-0.25, -0.2) is 4.57 Å². The number of aliphatic hydroxyl groups excluding tert-OH is 2. The monoisotopic (exact) mass is 792 g/mol. The van der Waals surface area contributed by atoms with Crippen molar-refractivity contribution in [2.24, 2.45) is 0 Å². The van der Waals surface area contributed by atoms with Gasteiger partial charge in [-0.1, -0.05) is 150 Å². The molecule has 0 aliphatic rings. The molecule has 0 aromatic rings. The van der Waals surface area contributed by atoms with E-state index >= 15 is 0 Å². The van der Waals surface area contributed by atoms with E-state index in [1.165, 1.54) is 38.5 Å². The van der Waals surface area contributed by atoms with Crippen molar-refractivity contribution in [3.63, 3.8) is 0 Å². The average Bonchev–Trinajstić information content (AvgIpc) is 3.17. The van der Waals surface area contributed by atoms with Gasteiger partial charge in [-0.2, -0.15) is 0 Å². The summed E-state index contributed by atoms with van der Waals surface area (Å²) in [5, 5.41) is 18.3. The average molecular weight is 793 g/mol. The molecule has 0 aliphatic heterocycles. The number of allylic oxidation sites excluding steroid dienone is 14. The van der Waals surface area contributed by atoms with E-state index in [1.54, 1.807) is 0 Å². The molecule has 55 heavy (non-hydrogen) atoms. The van der Waals surface area contributed by atoms with Crippen LogP contribution in [0.25, 0.3) is 0 Å². The number of carbonyl (C=O) groups excluding carboxylic acids is 2. The Morgan fingerprint density at radius 1 is 0.582 bits per heavy atom. The molecule has 0 radical (unpaired) electrons. The van der Waals surface area contributed by atoms with Crippen molar-refractivity contribution in [1.29, 1.82) is 0 Å². The van der Waals surface area contributed by atoms with Crippen LogP contribution in [-0.2, 0) is 32.7 Å². The summed E-state index contributed by atoms with van der Waals surface area (Å²) in [6.07, 6.45) is 45.6. The molecule has 314 valence electrons. The van der Waals surface area contributed by atoms with Crippen LogP contribution in [0, 0.1) is 0 Å². The van der Waals surface area contributed by atoms with Crippen LogP contribution >= 0.6 is 7.82 Å². The van der Waals surface area contributed by atoms with E-state index in [-0.39, 0.29) is 19.4 Å². The summed E-state index contributed by atoms with van der Waals surface area (Å²) < 4.78 is 32.6. The predicted octanol–water partition coefficient (Wildman–Crippen LogP) is 10.7. The van der Waals surface area contributed by atoms with E-state index in [9.17, 15) is 24.2 Å². The van der Waals surface area contributed by atoms with E-state index < -0.39 is 51.8 Å². The number of phosphoric acid groups is 1. The molecule has 0 amide bonds. The fourth-order valence-corrected chi connectivity index (χ4v) is 5.75. The molecular weight excluding hydrogens is 719 g/mol. The smallest absolute Gasteiger partial charge is 0.462 e. The molecule has 0 aromatic heterocycles. The molecule has 0 saturated heterocycles. The fourth-order valence-electron chi connectivity index (χ4n) is 4.96. The lowest BCUT2D eigenvalue weighted by atomic mass is 10.1. The highest BCUT2D eigenvalue weighted by atomic mass is 31.2. The van der Waals surface area contributed by atoms with Crippen LogP contribution in [0.15, 0.2) is 85.1 Å². The maximum Gasteiger partial charge on any atom is 0.472 e. The van der Waals surface area contributed by atoms with Crippen molar-refractivity contribution in [2.45, 2.75) is 154 Å². The van der Waals surface area contributed by atoms with Gasteiger partial charge >= 0.3 is 19.8 Å². The Labute approximate surface area is 332 Å². The minimum Gasteiger partial charge on any atom is -0.462 e. The summed E-state index contributed by atoms with van der Waals surface area (Å²) in [6.45, 7) is 2.12. The van der Waals surface area contributed by atoms with Crippen LogP contribution in [0.2, 0.25) is 0 Å². The number of hydrogen-bond acceptors (Lipinski definition) is 9. The maximum atomic E-state index is 12.6. The van der Waals surface area contributed by atoms with E-state index in [0.29, 0.717) is 19.3 Å². The van der Waals surface area contributed by atoms with Gasteiger partial charge < -0.3 is 24.6 Å². The van der Waals surface area contributed by atoms with Crippen molar-refractivity contribution in [3.8, 4) is 0 Å². The van der Waals surface area contributed by atoms with Gasteiger partial charge in [0.15, 0.2) is 6.10 Å². The van der Waals surface area contributed by atoms with Crippen LogP contribution in [0.3, 0.4) is 0 Å². The lowest BCUT2D eigenvalue weighted by molar-refractivity contribution is -0.161. The van der Waals surface area contributed by atoms with E-state index in [2.05, 4.69) is 60.9 Å². The summed E-state index contributed by atoms with van der Waals surface area (Å²) >= 11 is 0. The second-order valence-corrected chi connectivity index (χ2v) is 14.8. The van der Waals surface area contributed by atoms with Gasteiger partial charge in [0.05, 0.1) is 19.8 Å². The highest BCUT2D eigenvalue weighted by Crippen LogP contribution is 2.43. The molecule has 0 saturated carbocycles. The van der Waals surface area contributed by atoms with Crippen molar-refractivity contribution in [2.75, 3.05) is 26.4 Å². The first-order valence-electron chi connectivity index (χ1n) is 20.6. The molecule has 1 unspecified atom stereocenters. The van der Waals surface area contributed by atoms with Crippen LogP contribution in [0.1, 0.15) is 142 Å². The Morgan fingerprint density at radius 3 is 1.73 bits per heavy atom. The fraction of sp³-hybridized carbons (Fsp3) is 0.636. The Kier molecular flexibility index (Phi) is 37.3. The van der Waals surface area contributed by atoms with Gasteiger partial charge in [-0.15, -0.1) is 0 Å². The lowest BCUT2D eigenvalue weighted by Gasteiger charge is -2.20. The van der Waals surface area contributed by atoms with Crippen LogP contribution in [0.4, 0.5) is 0 Å². The van der Waals surface area contributed by atoms with Gasteiger partial charge in [0, 0.05) is 12.8 Å². The lowest BCUT2D eigenvalue weighted by Crippen LogP contribution is -2.29. The molecule has 0 rings (SSSR count). The topological polar surface area (TPSA) is 149 Å². The van der Waals surface area contributed by atoms with Crippen molar-refractivity contribution >= 4 is 19.8 Å². The molecule has 3 atom stereocenters. The van der Waals surface area contributed by atoms with E-state index in [1.807, 2.05) is 42.5 Å². The minimum absolute atomic E-state index is 0.102. The molecule has 3 N–H and O–H groups in total. The van der Waals surface area contributed by atoms with Gasteiger partial charge in [0.1, 0.15) is 12.7 Å². The molecule has 0 heterocycles. The third-order valence-corrected chi connectivity index (χ3v) is 9.08. The Morgan fingerprint density at radius 2 is 1.09 bits per heavy atom. The second-order valence-electron chi connectivity index (χ2n) is 13.4. The summed E-state index contributed by atoms with van der Waals surface area (Å²) in [7, 11) is -4.64. The van der Waals surface area contributed by atoms with Gasteiger partial charge in [0.2, 0.25) is 0 Å². The van der Waals surface area contributed by atoms with Crippen LogP contribution < -0.4 is 0 Å². The normalized spacial score (nSPS) is 14.8. The number of phosphoric ester groups is 1. The van der Waals surface area contributed by atoms with Crippen LogP contribution in [0.5, 0.6) is 0 Å². The second kappa shape index (κ2) is 39.4. The zero-order valence-electron chi connectivity index (χ0n) is 33.9. The predicted molar refractivity (Wildman–Crippen MR) is 223 cm³/mol. The Balaban J connectivity index is 4.48. The van der Waals surface area contributed by atoms with Crippen molar-refractivity contribution < 1.29 is 47.8 Å². The van der Waals surface area contributed by atoms with Crippen molar-refractivity contribution in [1.82, 2.24) is 0 Å². The summed E-state index contributed by atoms with van der Waals surface area (Å²) in [4.78, 5) is 34.9. The van der Waals surface area contributed by atoms with Gasteiger partial charge in [0.25, 0.3) is 0 Å². The van der Waals surface area contributed by atoms with Crippen LogP contribution in [-0.4, -0.2) is 65.7 Å². The zero-order valence-corrected chi connectivity index (χ0v) is 34.7. The first kappa shape index (κ1) is 52.2. The third kappa shape index (κ3) is 39.2. The highest BCUT2D eigenvalue weighted by molar-refractivity contribution is 7.47. The largest absolute Gasteiger partial charge is 0.472 e. The molecule has 0 aromatic carbocycles. The molecule has 0 aliphatic carbocycles. The number of ether oxygens (including phenoxy) is 2. The first-order valence-corrected chi connectivity index (χ1v) is 22.1. The number of aliphatic hydroxyl groups is 2. The van der Waals surface area contributed by atoms with Gasteiger partial charge in [-0.05, 0) is 64.2 Å². The molecule has 11 heteroatoms. The van der Waals surface area contributed by atoms with Crippen molar-refractivity contribution in [3.05, 3.63) is 85.1 Å². The van der Waals surface area contributed by atoms with Gasteiger partial charge in [-0.3, -0.25) is 18.6 Å². The number of esters is 2. The van der Waals surface area contributed by atoms with E-state index in [4.69, 9.17) is 19.1 Å². The quantitative estimate of drug-likeness (QED) is 0.0182. The summed E-state index contributed by atoms with van der Waals surface area (Å²) in [5.74, 6) is -1.02. The number of unbranched alkanes of at least 4 members (excludes halogenated alkanes) is 12. The Bertz CT molecular complexity index is 1190. The molecule has 0 spiro atoms. The zero-order chi connectivity index (χ0) is 40.5. The Hall–Kier alpha value is -2.85. The minimum atomic E-state index is -4.64. The van der Waals surface area contributed by atoms with E-state index in [0.717, 1.165) is 57.8 Å². The third-order valence-electron chi connectivity index (χ3n) is 8.13. The highest BCUT2D eigenvalue weighted by Gasteiger charge is 2.27. The summed E-state index contributed by atoms with van der Waals surface area (Å²) in [5.41, 5.74) is 0. The number of carbonyl (C=O) groups is 2. The number of rotatable bonds is 37. The first-order chi connectivity index (χ1) is 26.7. The maximum absolute atomic E-state index is 12.6. The standard InChI is InChI=1S/C44H73O10P/c1-3-5-7-9-11-13-15-17-19-20-22-24-26-28-30-32-34-36-44(48)54-42(40-53-55(49,50)52-38-41(46)37-45)39-51-43(47)35-33-31-29-27-25-23-21-18-16-14-12-10-8-6-4-2/h6,8,10,12,14,16-19,21-22,24,28,30,41-42,45-46H,3-5,7,9,11,13,15,20,23,25-27,29,31-40H2,1-2H3,(H,49,50)/b8-6+,12-10+,16-14+,19-17+,21-18+,24-22+,30-28+/t41-,42+/m0/s1. The SMILES string of the molecule is CC/C=C/C=C/C=C/C=C/CCCCCCCC(=O)OC[C@H](COP(=O)(O)OC[C@@H](O)CO)OC(=O)CCC/C=C/C/C=C/C/C=C/CCCCCCCC. The molecule has 0 fully saturated rings. The molecule has 10 nitrogen and oxygen atoms in total. The summed E-state index contributed by atoms with van der Waals surface area (Å²) in [6, 6.07) is 0.